The van der Waals surface area contributed by atoms with Gasteiger partial charge in [-0.2, -0.15) is 0 Å². The van der Waals surface area contributed by atoms with Gasteiger partial charge in [0.05, 0.1) is 6.61 Å². The van der Waals surface area contributed by atoms with E-state index in [0.717, 1.165) is 31.4 Å². The Bertz CT molecular complexity index is 380. The van der Waals surface area contributed by atoms with Crippen LogP contribution in [0.15, 0.2) is 24.3 Å². The molecule has 0 bridgehead atoms. The molecule has 0 aliphatic rings. The van der Waals surface area contributed by atoms with E-state index in [1.807, 2.05) is 18.2 Å². The van der Waals surface area contributed by atoms with Gasteiger partial charge in [0.15, 0.2) is 0 Å². The molecule has 0 heterocycles. The highest BCUT2D eigenvalue weighted by atomic mass is 16.5. The Hall–Kier alpha value is -1.71. The highest BCUT2D eigenvalue weighted by molar-refractivity contribution is 5.64. The van der Waals surface area contributed by atoms with E-state index in [1.54, 1.807) is 0 Å². The maximum Gasteiger partial charge on any atom is 0.404 e. The summed E-state index contributed by atoms with van der Waals surface area (Å²) in [6, 6.07) is 7.89. The molecule has 0 spiro atoms. The van der Waals surface area contributed by atoms with E-state index < -0.39 is 6.09 Å². The van der Waals surface area contributed by atoms with Crippen molar-refractivity contribution < 1.29 is 9.53 Å². The largest absolute Gasteiger partial charge is 0.450 e. The Balaban J connectivity index is 2.62. The van der Waals surface area contributed by atoms with Gasteiger partial charge in [-0.25, -0.2) is 4.79 Å². The SMILES string of the molecule is CCCCC(CCOC(N)=O)c1cccc(N)c1. The van der Waals surface area contributed by atoms with Gasteiger partial charge in [-0.05, 0) is 36.5 Å². The Morgan fingerprint density at radius 3 is 2.78 bits per heavy atom. The first kappa shape index (κ1) is 14.4. The Morgan fingerprint density at radius 2 is 2.17 bits per heavy atom. The molecule has 0 saturated heterocycles. The molecular formula is C14H22N2O2. The number of ether oxygens (including phenoxy) is 1. The van der Waals surface area contributed by atoms with E-state index >= 15 is 0 Å². The van der Waals surface area contributed by atoms with E-state index in [-0.39, 0.29) is 0 Å². The van der Waals surface area contributed by atoms with E-state index in [9.17, 15) is 4.79 Å². The molecule has 1 rings (SSSR count). The zero-order valence-corrected chi connectivity index (χ0v) is 10.9. The lowest BCUT2D eigenvalue weighted by molar-refractivity contribution is 0.152. The maximum absolute atomic E-state index is 10.6. The predicted octanol–water partition coefficient (Wildman–Crippen LogP) is 3.03. The van der Waals surface area contributed by atoms with Gasteiger partial charge in [-0.15, -0.1) is 0 Å². The van der Waals surface area contributed by atoms with Gasteiger partial charge in [-0.3, -0.25) is 0 Å². The number of hydrogen-bond donors (Lipinski definition) is 2. The number of primary amides is 1. The highest BCUT2D eigenvalue weighted by Crippen LogP contribution is 2.26. The summed E-state index contributed by atoms with van der Waals surface area (Å²) in [6.45, 7) is 2.52. The van der Waals surface area contributed by atoms with Crippen LogP contribution in [0.25, 0.3) is 0 Å². The molecule has 1 unspecified atom stereocenters. The first-order valence-corrected chi connectivity index (χ1v) is 6.41. The maximum atomic E-state index is 10.6. The van der Waals surface area contributed by atoms with Crippen LogP contribution in [-0.4, -0.2) is 12.7 Å². The van der Waals surface area contributed by atoms with Crippen molar-refractivity contribution in [3.8, 4) is 0 Å². The van der Waals surface area contributed by atoms with Gasteiger partial charge in [0, 0.05) is 5.69 Å². The second kappa shape index (κ2) is 7.58. The van der Waals surface area contributed by atoms with Crippen molar-refractivity contribution in [2.75, 3.05) is 12.3 Å². The smallest absolute Gasteiger partial charge is 0.404 e. The number of nitrogen functional groups attached to an aromatic ring is 1. The minimum Gasteiger partial charge on any atom is -0.450 e. The third-order valence-corrected chi connectivity index (χ3v) is 3.00. The number of rotatable bonds is 7. The Kier molecular flexibility index (Phi) is 6.05. The van der Waals surface area contributed by atoms with Gasteiger partial charge >= 0.3 is 6.09 Å². The van der Waals surface area contributed by atoms with E-state index in [4.69, 9.17) is 16.2 Å². The van der Waals surface area contributed by atoms with Crippen molar-refractivity contribution in [2.45, 2.75) is 38.5 Å². The minimum atomic E-state index is -0.711. The van der Waals surface area contributed by atoms with Crippen molar-refractivity contribution in [3.05, 3.63) is 29.8 Å². The summed E-state index contributed by atoms with van der Waals surface area (Å²) >= 11 is 0. The fourth-order valence-corrected chi connectivity index (χ4v) is 2.04. The van der Waals surface area contributed by atoms with Crippen LogP contribution >= 0.6 is 0 Å². The lowest BCUT2D eigenvalue weighted by Gasteiger charge is -2.17. The fourth-order valence-electron chi connectivity index (χ4n) is 2.04. The lowest BCUT2D eigenvalue weighted by Crippen LogP contribution is -2.15. The molecule has 1 amide bonds. The first-order valence-electron chi connectivity index (χ1n) is 6.41. The van der Waals surface area contributed by atoms with Crippen LogP contribution in [0.1, 0.15) is 44.1 Å². The molecule has 1 aromatic carbocycles. The van der Waals surface area contributed by atoms with Crippen LogP contribution in [0.5, 0.6) is 0 Å². The van der Waals surface area contributed by atoms with Crippen molar-refractivity contribution in [1.82, 2.24) is 0 Å². The van der Waals surface area contributed by atoms with Crippen molar-refractivity contribution in [3.63, 3.8) is 0 Å². The monoisotopic (exact) mass is 250 g/mol. The van der Waals surface area contributed by atoms with E-state index in [0.29, 0.717) is 12.5 Å². The van der Waals surface area contributed by atoms with Gasteiger partial charge < -0.3 is 16.2 Å². The number of hydrogen-bond acceptors (Lipinski definition) is 3. The van der Waals surface area contributed by atoms with Crippen molar-refractivity contribution >= 4 is 11.8 Å². The molecule has 0 aliphatic carbocycles. The molecule has 4 heteroatoms. The zero-order chi connectivity index (χ0) is 13.4. The summed E-state index contributed by atoms with van der Waals surface area (Å²) in [5.41, 5.74) is 12.7. The van der Waals surface area contributed by atoms with Gasteiger partial charge in [0.2, 0.25) is 0 Å². The summed E-state index contributed by atoms with van der Waals surface area (Å²) in [5.74, 6) is 0.368. The van der Waals surface area contributed by atoms with Gasteiger partial charge in [-0.1, -0.05) is 31.9 Å². The lowest BCUT2D eigenvalue weighted by atomic mass is 9.91. The van der Waals surface area contributed by atoms with Crippen LogP contribution in [-0.2, 0) is 4.74 Å². The second-order valence-corrected chi connectivity index (χ2v) is 4.47. The molecule has 1 aromatic rings. The molecule has 0 aromatic heterocycles. The predicted molar refractivity (Wildman–Crippen MR) is 73.3 cm³/mol. The van der Waals surface area contributed by atoms with Crippen LogP contribution in [0.4, 0.5) is 10.5 Å². The quantitative estimate of drug-likeness (QED) is 0.730. The molecule has 0 saturated carbocycles. The molecular weight excluding hydrogens is 228 g/mol. The number of anilines is 1. The summed E-state index contributed by atoms with van der Waals surface area (Å²) in [7, 11) is 0. The minimum absolute atomic E-state index is 0.360. The third kappa shape index (κ3) is 5.08. The average Bonchev–Trinajstić information content (AvgIpc) is 2.33. The van der Waals surface area contributed by atoms with Crippen LogP contribution in [0.2, 0.25) is 0 Å². The van der Waals surface area contributed by atoms with Gasteiger partial charge in [0.25, 0.3) is 0 Å². The highest BCUT2D eigenvalue weighted by Gasteiger charge is 2.12. The van der Waals surface area contributed by atoms with Crippen LogP contribution in [0.3, 0.4) is 0 Å². The summed E-state index contributed by atoms with van der Waals surface area (Å²) in [5, 5.41) is 0. The molecule has 100 valence electrons. The zero-order valence-electron chi connectivity index (χ0n) is 10.9. The summed E-state index contributed by atoms with van der Waals surface area (Å²) in [6.07, 6.45) is 3.44. The summed E-state index contributed by atoms with van der Waals surface area (Å²) in [4.78, 5) is 10.6. The standard InChI is InChI=1S/C14H22N2O2/c1-2-3-5-11(8-9-18-14(16)17)12-6-4-7-13(15)10-12/h4,6-7,10-11H,2-3,5,8-9,15H2,1H3,(H2,16,17). The number of carbonyl (C=O) groups is 1. The molecule has 18 heavy (non-hydrogen) atoms. The first-order chi connectivity index (χ1) is 8.63. The molecule has 1 atom stereocenters. The second-order valence-electron chi connectivity index (χ2n) is 4.47. The van der Waals surface area contributed by atoms with Crippen molar-refractivity contribution in [2.24, 2.45) is 5.73 Å². The van der Waals surface area contributed by atoms with E-state index in [2.05, 4.69) is 13.0 Å². The number of unbranched alkanes of at least 4 members (excludes halogenated alkanes) is 1. The summed E-state index contributed by atoms with van der Waals surface area (Å²) < 4.78 is 4.81. The molecule has 0 aliphatic heterocycles. The number of amides is 1. The van der Waals surface area contributed by atoms with E-state index in [1.165, 1.54) is 5.56 Å². The van der Waals surface area contributed by atoms with Gasteiger partial charge in [0.1, 0.15) is 0 Å². The fraction of sp³-hybridized carbons (Fsp3) is 0.500. The Labute approximate surface area is 108 Å². The number of nitrogens with two attached hydrogens (primary N) is 2. The molecule has 4 nitrogen and oxygen atoms in total. The normalized spacial score (nSPS) is 12.1. The van der Waals surface area contributed by atoms with Crippen LogP contribution < -0.4 is 11.5 Å². The molecule has 0 fully saturated rings. The third-order valence-electron chi connectivity index (χ3n) is 3.00. The molecule has 0 radical (unpaired) electrons. The Morgan fingerprint density at radius 1 is 1.39 bits per heavy atom. The number of carbonyl (C=O) groups excluding carboxylic acids is 1. The van der Waals surface area contributed by atoms with Crippen molar-refractivity contribution in [1.29, 1.82) is 0 Å². The number of benzene rings is 1. The average molecular weight is 250 g/mol. The molecule has 4 N–H and O–H groups in total. The topological polar surface area (TPSA) is 78.3 Å². The van der Waals surface area contributed by atoms with Crippen LogP contribution in [0, 0.1) is 0 Å².